The maximum absolute atomic E-state index is 6.34. The number of rotatable bonds is 3. The Kier molecular flexibility index (Phi) is 4.88. The Morgan fingerprint density at radius 1 is 1.26 bits per heavy atom. The number of benzene rings is 1. The van der Waals surface area contributed by atoms with Gasteiger partial charge in [0.2, 0.25) is 0 Å². The first-order chi connectivity index (χ1) is 9.00. The molecule has 1 saturated heterocycles. The van der Waals surface area contributed by atoms with Crippen LogP contribution in [0.25, 0.3) is 0 Å². The highest BCUT2D eigenvalue weighted by Gasteiger charge is 2.30. The lowest BCUT2D eigenvalue weighted by Crippen LogP contribution is -2.57. The molecule has 0 radical (unpaired) electrons. The van der Waals surface area contributed by atoms with E-state index in [9.17, 15) is 0 Å². The first-order valence-electron chi connectivity index (χ1n) is 7.24. The molecule has 19 heavy (non-hydrogen) atoms. The average Bonchev–Trinajstić information content (AvgIpc) is 2.38. The molecule has 1 aromatic carbocycles. The highest BCUT2D eigenvalue weighted by molar-refractivity contribution is 6.31. The van der Waals surface area contributed by atoms with Crippen molar-refractivity contribution in [3.8, 4) is 0 Å². The van der Waals surface area contributed by atoms with Crippen LogP contribution in [0.1, 0.15) is 39.3 Å². The zero-order valence-electron chi connectivity index (χ0n) is 12.4. The molecule has 0 aliphatic carbocycles. The highest BCUT2D eigenvalue weighted by Crippen LogP contribution is 2.30. The topological polar surface area (TPSA) is 15.3 Å². The molecular formula is C16H25ClN2. The van der Waals surface area contributed by atoms with Crippen LogP contribution in [-0.2, 0) is 0 Å². The summed E-state index contributed by atoms with van der Waals surface area (Å²) in [6.07, 6.45) is 0. The Bertz CT molecular complexity index is 419. The Balaban J connectivity index is 2.17. The van der Waals surface area contributed by atoms with Gasteiger partial charge >= 0.3 is 0 Å². The van der Waals surface area contributed by atoms with Gasteiger partial charge in [0, 0.05) is 36.2 Å². The number of piperazine rings is 1. The molecule has 1 aromatic rings. The van der Waals surface area contributed by atoms with Crippen molar-refractivity contribution in [3.05, 3.63) is 34.9 Å². The fourth-order valence-electron chi connectivity index (χ4n) is 2.89. The predicted octanol–water partition coefficient (Wildman–Crippen LogP) is 3.72. The van der Waals surface area contributed by atoms with Gasteiger partial charge in [-0.3, -0.25) is 4.90 Å². The van der Waals surface area contributed by atoms with Gasteiger partial charge in [-0.05, 0) is 31.4 Å². The molecule has 3 unspecified atom stereocenters. The Morgan fingerprint density at radius 2 is 1.95 bits per heavy atom. The largest absolute Gasteiger partial charge is 0.311 e. The van der Waals surface area contributed by atoms with E-state index in [1.807, 2.05) is 12.1 Å². The Labute approximate surface area is 122 Å². The predicted molar refractivity (Wildman–Crippen MR) is 82.7 cm³/mol. The lowest BCUT2D eigenvalue weighted by molar-refractivity contribution is 0.0852. The van der Waals surface area contributed by atoms with E-state index >= 15 is 0 Å². The molecule has 1 heterocycles. The van der Waals surface area contributed by atoms with Gasteiger partial charge in [-0.1, -0.05) is 43.6 Å². The zero-order valence-corrected chi connectivity index (χ0v) is 13.1. The first kappa shape index (κ1) is 14.8. The summed E-state index contributed by atoms with van der Waals surface area (Å²) in [5, 5.41) is 4.52. The van der Waals surface area contributed by atoms with Crippen molar-refractivity contribution in [1.82, 2.24) is 10.2 Å². The van der Waals surface area contributed by atoms with Gasteiger partial charge in [0.1, 0.15) is 0 Å². The lowest BCUT2D eigenvalue weighted by atomic mass is 9.96. The molecule has 0 spiro atoms. The number of nitrogens with zero attached hydrogens (tertiary/aromatic N) is 1. The molecule has 0 saturated carbocycles. The van der Waals surface area contributed by atoms with Gasteiger partial charge in [-0.2, -0.15) is 0 Å². The van der Waals surface area contributed by atoms with E-state index in [2.05, 4.69) is 50.0 Å². The quantitative estimate of drug-likeness (QED) is 0.908. The average molecular weight is 281 g/mol. The van der Waals surface area contributed by atoms with Crippen LogP contribution < -0.4 is 5.32 Å². The van der Waals surface area contributed by atoms with Crippen LogP contribution in [0.3, 0.4) is 0 Å². The van der Waals surface area contributed by atoms with E-state index in [0.29, 0.717) is 24.0 Å². The minimum atomic E-state index is 0.368. The molecule has 0 amide bonds. The van der Waals surface area contributed by atoms with E-state index in [4.69, 9.17) is 11.6 Å². The second kappa shape index (κ2) is 6.25. The van der Waals surface area contributed by atoms with Crippen LogP contribution in [0, 0.1) is 5.92 Å². The molecule has 3 atom stereocenters. The molecule has 2 rings (SSSR count). The smallest absolute Gasteiger partial charge is 0.0453 e. The third kappa shape index (κ3) is 3.31. The van der Waals surface area contributed by atoms with Crippen molar-refractivity contribution in [2.24, 2.45) is 5.92 Å². The van der Waals surface area contributed by atoms with Crippen LogP contribution in [0.2, 0.25) is 5.02 Å². The Hall–Kier alpha value is -0.570. The van der Waals surface area contributed by atoms with Crippen LogP contribution in [0.5, 0.6) is 0 Å². The van der Waals surface area contributed by atoms with Gasteiger partial charge in [-0.15, -0.1) is 0 Å². The minimum absolute atomic E-state index is 0.368. The van der Waals surface area contributed by atoms with Gasteiger partial charge in [0.05, 0.1) is 0 Å². The third-order valence-electron chi connectivity index (χ3n) is 4.31. The van der Waals surface area contributed by atoms with E-state index < -0.39 is 0 Å². The maximum atomic E-state index is 6.34. The van der Waals surface area contributed by atoms with Crippen LogP contribution in [0.4, 0.5) is 0 Å². The fraction of sp³-hybridized carbons (Fsp3) is 0.625. The van der Waals surface area contributed by atoms with Crippen LogP contribution >= 0.6 is 11.6 Å². The molecule has 0 aromatic heterocycles. The van der Waals surface area contributed by atoms with Gasteiger partial charge in [0.15, 0.2) is 0 Å². The van der Waals surface area contributed by atoms with Crippen molar-refractivity contribution < 1.29 is 0 Å². The van der Waals surface area contributed by atoms with E-state index in [-0.39, 0.29) is 0 Å². The number of nitrogens with one attached hydrogen (secondary N) is 1. The lowest BCUT2D eigenvalue weighted by Gasteiger charge is -2.43. The summed E-state index contributed by atoms with van der Waals surface area (Å²) in [5.41, 5.74) is 1.24. The van der Waals surface area contributed by atoms with Gasteiger partial charge in [-0.25, -0.2) is 0 Å². The van der Waals surface area contributed by atoms with Crippen LogP contribution in [0.15, 0.2) is 24.3 Å². The molecule has 106 valence electrons. The summed E-state index contributed by atoms with van der Waals surface area (Å²) in [7, 11) is 0. The van der Waals surface area contributed by atoms with Crippen molar-refractivity contribution in [3.63, 3.8) is 0 Å². The monoisotopic (exact) mass is 280 g/mol. The standard InChI is InChI=1S/C16H25ClN2/c1-11(2)16-10-19(12(3)9-18-16)13(4)14-7-5-6-8-15(14)17/h5-8,11-13,16,18H,9-10H2,1-4H3. The molecule has 1 aliphatic heterocycles. The van der Waals surface area contributed by atoms with Crippen molar-refractivity contribution in [2.45, 2.75) is 45.8 Å². The van der Waals surface area contributed by atoms with Crippen LogP contribution in [-0.4, -0.2) is 30.1 Å². The molecular weight excluding hydrogens is 256 g/mol. The maximum Gasteiger partial charge on any atom is 0.0453 e. The third-order valence-corrected chi connectivity index (χ3v) is 4.65. The summed E-state index contributed by atoms with van der Waals surface area (Å²) < 4.78 is 0. The van der Waals surface area contributed by atoms with E-state index in [1.165, 1.54) is 5.56 Å². The summed E-state index contributed by atoms with van der Waals surface area (Å²) in [5.74, 6) is 0.661. The number of halogens is 1. The molecule has 3 heteroatoms. The highest BCUT2D eigenvalue weighted by atomic mass is 35.5. The SMILES string of the molecule is CC(C)C1CN(C(C)c2ccccc2Cl)C(C)CN1. The molecule has 1 fully saturated rings. The van der Waals surface area contributed by atoms with Crippen molar-refractivity contribution in [2.75, 3.05) is 13.1 Å². The molecule has 1 aliphatic rings. The summed E-state index contributed by atoms with van der Waals surface area (Å²) in [4.78, 5) is 2.57. The Morgan fingerprint density at radius 3 is 2.58 bits per heavy atom. The van der Waals surface area contributed by atoms with E-state index in [1.54, 1.807) is 0 Å². The van der Waals surface area contributed by atoms with Gasteiger partial charge < -0.3 is 5.32 Å². The van der Waals surface area contributed by atoms with Gasteiger partial charge in [0.25, 0.3) is 0 Å². The summed E-state index contributed by atoms with van der Waals surface area (Å²) in [6.45, 7) is 11.3. The van der Waals surface area contributed by atoms with E-state index in [0.717, 1.165) is 18.1 Å². The molecule has 2 nitrogen and oxygen atoms in total. The zero-order chi connectivity index (χ0) is 14.0. The molecule has 0 bridgehead atoms. The summed E-state index contributed by atoms with van der Waals surface area (Å²) >= 11 is 6.34. The number of hydrogen-bond donors (Lipinski definition) is 1. The second-order valence-corrected chi connectivity index (χ2v) is 6.41. The first-order valence-corrected chi connectivity index (χ1v) is 7.62. The normalized spacial score (nSPS) is 26.6. The van der Waals surface area contributed by atoms with Crippen molar-refractivity contribution in [1.29, 1.82) is 0 Å². The number of hydrogen-bond acceptors (Lipinski definition) is 2. The van der Waals surface area contributed by atoms with Crippen molar-refractivity contribution >= 4 is 11.6 Å². The summed E-state index contributed by atoms with van der Waals surface area (Å²) in [6, 6.07) is 9.68. The minimum Gasteiger partial charge on any atom is -0.311 e. The molecule has 1 N–H and O–H groups in total. The fourth-order valence-corrected chi connectivity index (χ4v) is 3.18. The second-order valence-electron chi connectivity index (χ2n) is 6.00.